The van der Waals surface area contributed by atoms with E-state index in [1.807, 2.05) is 0 Å². The zero-order valence-electron chi connectivity index (χ0n) is 17.3. The normalized spacial score (nSPS) is 12.0. The predicted molar refractivity (Wildman–Crippen MR) is 127 cm³/mol. The van der Waals surface area contributed by atoms with E-state index in [2.05, 4.69) is 10.3 Å². The van der Waals surface area contributed by atoms with Gasteiger partial charge in [0.2, 0.25) is 5.91 Å². The molecule has 0 saturated heterocycles. The van der Waals surface area contributed by atoms with Crippen LogP contribution in [0, 0.1) is 12.7 Å². The number of hydrogen-bond donors (Lipinski definition) is 1. The van der Waals surface area contributed by atoms with Crippen LogP contribution in [0.2, 0.25) is 5.02 Å². The summed E-state index contributed by atoms with van der Waals surface area (Å²) < 4.78 is 15.6. The third kappa shape index (κ3) is 4.40. The van der Waals surface area contributed by atoms with E-state index in [0.29, 0.717) is 38.0 Å². The summed E-state index contributed by atoms with van der Waals surface area (Å²) in [4.78, 5) is 30.7. The largest absolute Gasteiger partial charge is 0.324 e. The molecule has 32 heavy (non-hydrogen) atoms. The van der Waals surface area contributed by atoms with Crippen LogP contribution in [-0.4, -0.2) is 20.7 Å². The van der Waals surface area contributed by atoms with Crippen LogP contribution in [-0.2, 0) is 4.79 Å². The SMILES string of the molecule is Cc1ccc(-n2c(SC(C)C(=O)Nc3ccccc3Cl)nc3ccccc3c2=O)cc1F. The first-order valence-corrected chi connectivity index (χ1v) is 11.1. The molecule has 1 N–H and O–H groups in total. The molecule has 1 heterocycles. The van der Waals surface area contributed by atoms with Gasteiger partial charge in [-0.1, -0.05) is 53.7 Å². The zero-order chi connectivity index (χ0) is 22.8. The Hall–Kier alpha value is -3.16. The van der Waals surface area contributed by atoms with Crippen molar-refractivity contribution in [3.05, 3.63) is 93.5 Å². The average molecular weight is 468 g/mol. The fourth-order valence-electron chi connectivity index (χ4n) is 3.15. The van der Waals surface area contributed by atoms with Crippen molar-refractivity contribution in [3.63, 3.8) is 0 Å². The molecule has 4 rings (SSSR count). The Kier molecular flexibility index (Phi) is 6.30. The number of thioether (sulfide) groups is 1. The number of halogens is 2. The minimum atomic E-state index is -0.610. The summed E-state index contributed by atoms with van der Waals surface area (Å²) in [6.07, 6.45) is 0. The molecular formula is C24H19ClFN3O2S. The van der Waals surface area contributed by atoms with Crippen molar-refractivity contribution in [1.82, 2.24) is 9.55 Å². The third-order valence-corrected chi connectivity index (χ3v) is 6.32. The second kappa shape index (κ2) is 9.14. The number of amides is 1. The number of fused-ring (bicyclic) bond motifs is 1. The molecule has 8 heteroatoms. The number of hydrogen-bond acceptors (Lipinski definition) is 4. The summed E-state index contributed by atoms with van der Waals surface area (Å²) in [6, 6.07) is 18.4. The van der Waals surface area contributed by atoms with Gasteiger partial charge in [0.1, 0.15) is 5.82 Å². The molecule has 1 amide bonds. The number of carbonyl (C=O) groups excluding carboxylic acids is 1. The number of carbonyl (C=O) groups is 1. The van der Waals surface area contributed by atoms with Gasteiger partial charge in [-0.05, 0) is 55.8 Å². The summed E-state index contributed by atoms with van der Waals surface area (Å²) >= 11 is 7.25. The number of nitrogens with one attached hydrogen (secondary N) is 1. The van der Waals surface area contributed by atoms with Crippen LogP contribution >= 0.6 is 23.4 Å². The van der Waals surface area contributed by atoms with Crippen molar-refractivity contribution in [2.75, 3.05) is 5.32 Å². The molecule has 0 aliphatic heterocycles. The van der Waals surface area contributed by atoms with Crippen molar-refractivity contribution < 1.29 is 9.18 Å². The van der Waals surface area contributed by atoms with Gasteiger partial charge in [0.25, 0.3) is 5.56 Å². The summed E-state index contributed by atoms with van der Waals surface area (Å²) in [5.41, 5.74) is 1.48. The highest BCUT2D eigenvalue weighted by molar-refractivity contribution is 8.00. The number of aromatic nitrogens is 2. The van der Waals surface area contributed by atoms with Gasteiger partial charge < -0.3 is 5.32 Å². The number of para-hydroxylation sites is 2. The minimum Gasteiger partial charge on any atom is -0.324 e. The van der Waals surface area contributed by atoms with E-state index in [0.717, 1.165) is 11.8 Å². The maximum atomic E-state index is 14.3. The van der Waals surface area contributed by atoms with E-state index in [9.17, 15) is 14.0 Å². The minimum absolute atomic E-state index is 0.291. The van der Waals surface area contributed by atoms with Gasteiger partial charge in [-0.25, -0.2) is 9.37 Å². The third-order valence-electron chi connectivity index (χ3n) is 4.94. The molecule has 162 valence electrons. The monoisotopic (exact) mass is 467 g/mol. The first-order valence-electron chi connectivity index (χ1n) is 9.85. The maximum absolute atomic E-state index is 14.3. The van der Waals surface area contributed by atoms with Crippen molar-refractivity contribution in [2.24, 2.45) is 0 Å². The van der Waals surface area contributed by atoms with Gasteiger partial charge in [0.15, 0.2) is 5.16 Å². The van der Waals surface area contributed by atoms with Gasteiger partial charge in [-0.15, -0.1) is 0 Å². The lowest BCUT2D eigenvalue weighted by Crippen LogP contribution is -2.26. The predicted octanol–water partition coefficient (Wildman–Crippen LogP) is 5.61. The van der Waals surface area contributed by atoms with Crippen molar-refractivity contribution in [2.45, 2.75) is 24.3 Å². The molecule has 3 aromatic carbocycles. The second-order valence-electron chi connectivity index (χ2n) is 7.21. The number of benzene rings is 3. The molecule has 1 aromatic heterocycles. The molecular weight excluding hydrogens is 449 g/mol. The highest BCUT2D eigenvalue weighted by Gasteiger charge is 2.21. The van der Waals surface area contributed by atoms with E-state index >= 15 is 0 Å². The van der Waals surface area contributed by atoms with Crippen LogP contribution in [0.3, 0.4) is 0 Å². The number of anilines is 1. The van der Waals surface area contributed by atoms with Gasteiger partial charge in [-0.3, -0.25) is 14.2 Å². The maximum Gasteiger partial charge on any atom is 0.266 e. The van der Waals surface area contributed by atoms with Crippen LogP contribution in [0.1, 0.15) is 12.5 Å². The molecule has 0 aliphatic carbocycles. The molecule has 0 bridgehead atoms. The van der Waals surface area contributed by atoms with Crippen LogP contribution < -0.4 is 10.9 Å². The van der Waals surface area contributed by atoms with Crippen molar-refractivity contribution in [3.8, 4) is 5.69 Å². The first-order chi connectivity index (χ1) is 15.3. The molecule has 0 aliphatic rings. The van der Waals surface area contributed by atoms with Crippen LogP contribution in [0.25, 0.3) is 16.6 Å². The van der Waals surface area contributed by atoms with Gasteiger partial charge in [0, 0.05) is 0 Å². The Labute approximate surface area is 193 Å². The zero-order valence-corrected chi connectivity index (χ0v) is 18.9. The van der Waals surface area contributed by atoms with Gasteiger partial charge >= 0.3 is 0 Å². The quantitative estimate of drug-likeness (QED) is 0.306. The van der Waals surface area contributed by atoms with E-state index in [4.69, 9.17) is 11.6 Å². The van der Waals surface area contributed by atoms with Crippen molar-refractivity contribution in [1.29, 1.82) is 0 Å². The van der Waals surface area contributed by atoms with Crippen LogP contribution in [0.15, 0.2) is 76.7 Å². The van der Waals surface area contributed by atoms with Crippen molar-refractivity contribution >= 4 is 45.9 Å². The molecule has 1 unspecified atom stereocenters. The van der Waals surface area contributed by atoms with Crippen LogP contribution in [0.5, 0.6) is 0 Å². The summed E-state index contributed by atoms with van der Waals surface area (Å²) in [5, 5.41) is 3.30. The molecule has 0 fully saturated rings. The average Bonchev–Trinajstić information content (AvgIpc) is 2.77. The smallest absolute Gasteiger partial charge is 0.266 e. The van der Waals surface area contributed by atoms with E-state index in [-0.39, 0.29) is 11.5 Å². The fourth-order valence-corrected chi connectivity index (χ4v) is 4.26. The highest BCUT2D eigenvalue weighted by atomic mass is 35.5. The molecule has 0 spiro atoms. The Morgan fingerprint density at radius 2 is 1.84 bits per heavy atom. The van der Waals surface area contributed by atoms with Gasteiger partial charge in [-0.2, -0.15) is 0 Å². The lowest BCUT2D eigenvalue weighted by molar-refractivity contribution is -0.115. The molecule has 1 atom stereocenters. The number of rotatable bonds is 5. The Morgan fingerprint density at radius 1 is 1.12 bits per heavy atom. The van der Waals surface area contributed by atoms with E-state index < -0.39 is 11.1 Å². The summed E-state index contributed by atoms with van der Waals surface area (Å²) in [5.74, 6) is -0.727. The van der Waals surface area contributed by atoms with Gasteiger partial charge in [0.05, 0.1) is 32.6 Å². The topological polar surface area (TPSA) is 64.0 Å². The standard InChI is InChI=1S/C24H19ClFN3O2S/c1-14-11-12-16(13-19(14)26)29-23(31)17-7-3-5-9-20(17)28-24(29)32-15(2)22(30)27-21-10-6-4-8-18(21)25/h3-13,15H,1-2H3,(H,27,30). The van der Waals surface area contributed by atoms with Crippen LogP contribution in [0.4, 0.5) is 10.1 Å². The second-order valence-corrected chi connectivity index (χ2v) is 8.93. The summed E-state index contributed by atoms with van der Waals surface area (Å²) in [6.45, 7) is 3.36. The van der Waals surface area contributed by atoms with E-state index in [1.54, 1.807) is 74.5 Å². The molecule has 5 nitrogen and oxygen atoms in total. The molecule has 4 aromatic rings. The lowest BCUT2D eigenvalue weighted by atomic mass is 10.2. The lowest BCUT2D eigenvalue weighted by Gasteiger charge is -2.17. The van der Waals surface area contributed by atoms with E-state index in [1.165, 1.54) is 10.6 Å². The molecule has 0 saturated carbocycles. The summed E-state index contributed by atoms with van der Waals surface area (Å²) in [7, 11) is 0. The fraction of sp³-hybridized carbons (Fsp3) is 0.125. The Bertz CT molecular complexity index is 1390. The number of nitrogens with zero attached hydrogens (tertiary/aromatic N) is 2. The molecule has 0 radical (unpaired) electrons. The Morgan fingerprint density at radius 3 is 2.59 bits per heavy atom. The number of aryl methyl sites for hydroxylation is 1. The first kappa shape index (κ1) is 22.0. The Balaban J connectivity index is 1.75. The highest BCUT2D eigenvalue weighted by Crippen LogP contribution is 2.27.